The Bertz CT molecular complexity index is 593. The molecule has 1 aromatic rings. The van der Waals surface area contributed by atoms with Crippen molar-refractivity contribution in [3.8, 4) is 0 Å². The normalized spacial score (nSPS) is 18.8. The SMILES string of the molecule is CC(C)N(C(=O)OC(C)(C)C)c1ncccc1[C@H]1CCCN1C(C)C. The Labute approximate surface area is 152 Å². The maximum absolute atomic E-state index is 12.8. The molecule has 2 rings (SSSR count). The van der Waals surface area contributed by atoms with Crippen LogP contribution in [0.2, 0.25) is 0 Å². The first kappa shape index (κ1) is 19.7. The van der Waals surface area contributed by atoms with Crippen LogP contribution < -0.4 is 4.90 Å². The number of likely N-dealkylation sites (tertiary alicyclic amines) is 1. The van der Waals surface area contributed by atoms with Gasteiger partial charge in [0, 0.05) is 29.9 Å². The molecule has 1 aromatic heterocycles. The van der Waals surface area contributed by atoms with Crippen molar-refractivity contribution in [2.75, 3.05) is 11.4 Å². The van der Waals surface area contributed by atoms with Crippen molar-refractivity contribution in [2.24, 2.45) is 0 Å². The fourth-order valence-corrected chi connectivity index (χ4v) is 3.46. The van der Waals surface area contributed by atoms with E-state index in [4.69, 9.17) is 4.74 Å². The van der Waals surface area contributed by atoms with Gasteiger partial charge >= 0.3 is 6.09 Å². The molecule has 1 aliphatic rings. The number of carbonyl (C=O) groups excluding carboxylic acids is 1. The molecule has 2 heterocycles. The number of ether oxygens (including phenoxy) is 1. The Morgan fingerprint density at radius 1 is 1.32 bits per heavy atom. The van der Waals surface area contributed by atoms with Crippen LogP contribution in [0.4, 0.5) is 10.6 Å². The first-order valence-corrected chi connectivity index (χ1v) is 9.34. The molecule has 0 unspecified atom stereocenters. The van der Waals surface area contributed by atoms with Gasteiger partial charge < -0.3 is 4.74 Å². The summed E-state index contributed by atoms with van der Waals surface area (Å²) in [5, 5.41) is 0. The Balaban J connectivity index is 2.41. The number of aromatic nitrogens is 1. The van der Waals surface area contributed by atoms with Gasteiger partial charge in [0.1, 0.15) is 11.4 Å². The van der Waals surface area contributed by atoms with Gasteiger partial charge in [-0.15, -0.1) is 0 Å². The Morgan fingerprint density at radius 3 is 2.56 bits per heavy atom. The summed E-state index contributed by atoms with van der Waals surface area (Å²) in [4.78, 5) is 21.6. The lowest BCUT2D eigenvalue weighted by molar-refractivity contribution is 0.0568. The minimum atomic E-state index is -0.531. The first-order valence-electron chi connectivity index (χ1n) is 9.34. The van der Waals surface area contributed by atoms with Gasteiger partial charge in [-0.3, -0.25) is 9.80 Å². The van der Waals surface area contributed by atoms with E-state index in [0.29, 0.717) is 12.1 Å². The van der Waals surface area contributed by atoms with Crippen LogP contribution in [0.1, 0.15) is 72.9 Å². The predicted octanol–water partition coefficient (Wildman–Crippen LogP) is 4.78. The quantitative estimate of drug-likeness (QED) is 0.786. The summed E-state index contributed by atoms with van der Waals surface area (Å²) in [6, 6.07) is 4.80. The highest BCUT2D eigenvalue weighted by Gasteiger charge is 2.34. The number of amides is 1. The van der Waals surface area contributed by atoms with Crippen LogP contribution in [-0.4, -0.2) is 40.2 Å². The molecule has 0 bridgehead atoms. The third-order valence-corrected chi connectivity index (χ3v) is 4.47. The summed E-state index contributed by atoms with van der Waals surface area (Å²) in [5.74, 6) is 0.726. The van der Waals surface area contributed by atoms with Crippen molar-refractivity contribution in [1.29, 1.82) is 0 Å². The Hall–Kier alpha value is -1.62. The van der Waals surface area contributed by atoms with Gasteiger partial charge in [0.2, 0.25) is 0 Å². The second-order valence-electron chi connectivity index (χ2n) is 8.35. The molecular formula is C20H33N3O2. The number of nitrogens with zero attached hydrogens (tertiary/aromatic N) is 3. The van der Waals surface area contributed by atoms with E-state index in [2.05, 4.69) is 29.8 Å². The number of rotatable bonds is 4. The van der Waals surface area contributed by atoms with Gasteiger partial charge in [0.15, 0.2) is 0 Å². The summed E-state index contributed by atoms with van der Waals surface area (Å²) < 4.78 is 5.64. The molecule has 25 heavy (non-hydrogen) atoms. The summed E-state index contributed by atoms with van der Waals surface area (Å²) in [6.45, 7) is 15.2. The van der Waals surface area contributed by atoms with Gasteiger partial charge in [0.25, 0.3) is 0 Å². The van der Waals surface area contributed by atoms with Gasteiger partial charge in [-0.1, -0.05) is 6.07 Å². The molecule has 1 atom stereocenters. The van der Waals surface area contributed by atoms with Crippen molar-refractivity contribution >= 4 is 11.9 Å². The van der Waals surface area contributed by atoms with E-state index in [1.54, 1.807) is 11.1 Å². The van der Waals surface area contributed by atoms with Crippen molar-refractivity contribution in [3.63, 3.8) is 0 Å². The lowest BCUT2D eigenvalue weighted by Gasteiger charge is -2.34. The second-order valence-corrected chi connectivity index (χ2v) is 8.35. The van der Waals surface area contributed by atoms with Gasteiger partial charge in [0.05, 0.1) is 0 Å². The van der Waals surface area contributed by atoms with Gasteiger partial charge in [-0.25, -0.2) is 9.78 Å². The second kappa shape index (κ2) is 7.73. The highest BCUT2D eigenvalue weighted by Crippen LogP contribution is 2.38. The minimum Gasteiger partial charge on any atom is -0.443 e. The van der Waals surface area contributed by atoms with Crippen molar-refractivity contribution in [1.82, 2.24) is 9.88 Å². The molecule has 5 nitrogen and oxygen atoms in total. The molecule has 0 N–H and O–H groups in total. The summed E-state index contributed by atoms with van der Waals surface area (Å²) in [5.41, 5.74) is 0.588. The van der Waals surface area contributed by atoms with E-state index in [-0.39, 0.29) is 12.1 Å². The highest BCUT2D eigenvalue weighted by atomic mass is 16.6. The van der Waals surface area contributed by atoms with E-state index in [0.717, 1.165) is 24.3 Å². The third-order valence-electron chi connectivity index (χ3n) is 4.47. The molecule has 1 aliphatic heterocycles. The topological polar surface area (TPSA) is 45.7 Å². The molecule has 0 radical (unpaired) electrons. The zero-order valence-electron chi connectivity index (χ0n) is 16.7. The van der Waals surface area contributed by atoms with E-state index in [1.807, 2.05) is 40.7 Å². The zero-order chi connectivity index (χ0) is 18.8. The predicted molar refractivity (Wildman–Crippen MR) is 102 cm³/mol. The maximum Gasteiger partial charge on any atom is 0.416 e. The van der Waals surface area contributed by atoms with E-state index < -0.39 is 5.60 Å². The maximum atomic E-state index is 12.8. The van der Waals surface area contributed by atoms with Crippen LogP contribution in [0.3, 0.4) is 0 Å². The molecule has 0 saturated carbocycles. The standard InChI is InChI=1S/C20H33N3O2/c1-14(2)22-13-9-11-17(22)16-10-8-12-21-18(16)23(15(3)4)19(24)25-20(5,6)7/h8,10,12,14-15,17H,9,11,13H2,1-7H3/t17-/m1/s1. The first-order chi connectivity index (χ1) is 11.6. The molecule has 0 spiro atoms. The number of anilines is 1. The van der Waals surface area contributed by atoms with Crippen molar-refractivity contribution in [3.05, 3.63) is 23.9 Å². The Kier molecular flexibility index (Phi) is 6.09. The molecule has 5 heteroatoms. The van der Waals surface area contributed by atoms with Crippen LogP contribution >= 0.6 is 0 Å². The van der Waals surface area contributed by atoms with E-state index in [1.165, 1.54) is 6.42 Å². The zero-order valence-corrected chi connectivity index (χ0v) is 16.7. The number of pyridine rings is 1. The number of hydrogen-bond acceptors (Lipinski definition) is 4. The fraction of sp³-hybridized carbons (Fsp3) is 0.700. The molecule has 0 aromatic carbocycles. The van der Waals surface area contributed by atoms with E-state index >= 15 is 0 Å². The lowest BCUT2D eigenvalue weighted by Crippen LogP contribution is -2.42. The van der Waals surface area contributed by atoms with Crippen LogP contribution in [0.5, 0.6) is 0 Å². The van der Waals surface area contributed by atoms with Crippen molar-refractivity contribution in [2.45, 2.75) is 85.0 Å². The average molecular weight is 348 g/mol. The average Bonchev–Trinajstić information content (AvgIpc) is 2.95. The van der Waals surface area contributed by atoms with Gasteiger partial charge in [-0.05, 0) is 73.9 Å². The fourth-order valence-electron chi connectivity index (χ4n) is 3.46. The lowest BCUT2D eigenvalue weighted by atomic mass is 10.0. The van der Waals surface area contributed by atoms with Crippen LogP contribution in [0, 0.1) is 0 Å². The van der Waals surface area contributed by atoms with E-state index in [9.17, 15) is 4.79 Å². The number of hydrogen-bond donors (Lipinski definition) is 0. The van der Waals surface area contributed by atoms with Gasteiger partial charge in [-0.2, -0.15) is 0 Å². The third kappa shape index (κ3) is 4.72. The summed E-state index contributed by atoms with van der Waals surface area (Å²) in [7, 11) is 0. The molecule has 140 valence electrons. The largest absolute Gasteiger partial charge is 0.443 e. The minimum absolute atomic E-state index is 0.0302. The summed E-state index contributed by atoms with van der Waals surface area (Å²) >= 11 is 0. The molecular weight excluding hydrogens is 314 g/mol. The highest BCUT2D eigenvalue weighted by molar-refractivity contribution is 5.88. The van der Waals surface area contributed by atoms with Crippen LogP contribution in [0.15, 0.2) is 18.3 Å². The molecule has 1 amide bonds. The molecule has 1 fully saturated rings. The molecule has 0 aliphatic carbocycles. The monoisotopic (exact) mass is 347 g/mol. The smallest absolute Gasteiger partial charge is 0.416 e. The summed E-state index contributed by atoms with van der Waals surface area (Å²) in [6.07, 6.45) is 3.69. The van der Waals surface area contributed by atoms with Crippen LogP contribution in [-0.2, 0) is 4.74 Å². The Morgan fingerprint density at radius 2 is 2.00 bits per heavy atom. The number of carbonyl (C=O) groups is 1. The van der Waals surface area contributed by atoms with Crippen LogP contribution in [0.25, 0.3) is 0 Å². The van der Waals surface area contributed by atoms with Crippen molar-refractivity contribution < 1.29 is 9.53 Å². The molecule has 1 saturated heterocycles.